The normalized spacial score (nSPS) is 19.3. The van der Waals surface area contributed by atoms with E-state index in [1.807, 2.05) is 6.92 Å². The average molecular weight is 411 g/mol. The number of hydrogen-bond acceptors (Lipinski definition) is 4. The third-order valence-corrected chi connectivity index (χ3v) is 10.0. The molecular weight excluding hydrogens is 392 g/mol. The van der Waals surface area contributed by atoms with Crippen molar-refractivity contribution in [1.29, 1.82) is 0 Å². The molecule has 0 saturated heterocycles. The lowest BCUT2D eigenvalue weighted by Gasteiger charge is -2.27. The highest BCUT2D eigenvalue weighted by Crippen LogP contribution is 2.24. The van der Waals surface area contributed by atoms with E-state index in [0.29, 0.717) is 0 Å². The highest BCUT2D eigenvalue weighted by molar-refractivity contribution is 8.06. The quantitative estimate of drug-likeness (QED) is 0.726. The molecule has 2 aromatic rings. The van der Waals surface area contributed by atoms with E-state index < -0.39 is 30.9 Å². The minimum absolute atomic E-state index is 0.0526. The van der Waals surface area contributed by atoms with Gasteiger partial charge in [0, 0.05) is 23.2 Å². The molecule has 9 heteroatoms. The van der Waals surface area contributed by atoms with Crippen LogP contribution in [0.25, 0.3) is 0 Å². The third kappa shape index (κ3) is 3.96. The summed E-state index contributed by atoms with van der Waals surface area (Å²) in [5.74, 6) is 0.262. The molecular formula is C17H18N2O4S3. The number of benzene rings is 2. The minimum atomic E-state index is -3.95. The molecule has 6 nitrogen and oxygen atoms in total. The van der Waals surface area contributed by atoms with E-state index >= 15 is 0 Å². The summed E-state index contributed by atoms with van der Waals surface area (Å²) >= 11 is 0. The molecule has 0 amide bonds. The fourth-order valence-electron chi connectivity index (χ4n) is 2.38. The average Bonchev–Trinajstić information content (AvgIpc) is 2.63. The highest BCUT2D eigenvalue weighted by Gasteiger charge is 2.31. The first-order valence-corrected chi connectivity index (χ1v) is 12.0. The Morgan fingerprint density at radius 1 is 0.885 bits per heavy atom. The van der Waals surface area contributed by atoms with E-state index in [-0.39, 0.29) is 22.1 Å². The lowest BCUT2D eigenvalue weighted by molar-refractivity contribution is 0.552. The summed E-state index contributed by atoms with van der Waals surface area (Å²) in [6.07, 6.45) is 1.79. The molecule has 26 heavy (non-hydrogen) atoms. The second-order valence-corrected chi connectivity index (χ2v) is 11.2. The Labute approximate surface area is 156 Å². The maximum atomic E-state index is 13.0. The molecule has 0 saturated carbocycles. The first kappa shape index (κ1) is 19.0. The van der Waals surface area contributed by atoms with Crippen LogP contribution in [0, 0.1) is 0 Å². The summed E-state index contributed by atoms with van der Waals surface area (Å²) in [4.78, 5) is 0.175. The van der Waals surface area contributed by atoms with Crippen LogP contribution in [0.4, 0.5) is 0 Å². The van der Waals surface area contributed by atoms with Gasteiger partial charge in [0.05, 0.1) is 9.79 Å². The van der Waals surface area contributed by atoms with Gasteiger partial charge in [0.2, 0.25) is 0 Å². The van der Waals surface area contributed by atoms with Crippen LogP contribution >= 0.6 is 0 Å². The van der Waals surface area contributed by atoms with Gasteiger partial charge in [-0.1, -0.05) is 48.0 Å². The summed E-state index contributed by atoms with van der Waals surface area (Å²) in [7, 11) is -9.14. The van der Waals surface area contributed by atoms with Crippen LogP contribution in [0.2, 0.25) is 0 Å². The van der Waals surface area contributed by atoms with Gasteiger partial charge in [-0.15, -0.1) is 7.48 Å². The number of hydrogen-bond donors (Lipinski definition) is 0. The molecule has 2 aromatic carbocycles. The first-order chi connectivity index (χ1) is 12.3. The fraction of sp³-hybridized carbons (Fsp3) is 0.176. The van der Waals surface area contributed by atoms with Gasteiger partial charge in [0.25, 0.3) is 20.0 Å². The van der Waals surface area contributed by atoms with Gasteiger partial charge in [0.15, 0.2) is 0 Å². The van der Waals surface area contributed by atoms with E-state index in [4.69, 9.17) is 0 Å². The highest BCUT2D eigenvalue weighted by atomic mass is 32.3. The molecule has 1 atom stereocenters. The third-order valence-electron chi connectivity index (χ3n) is 3.72. The molecule has 0 fully saturated rings. The van der Waals surface area contributed by atoms with Gasteiger partial charge in [-0.05, 0) is 31.2 Å². The molecule has 1 aliphatic heterocycles. The van der Waals surface area contributed by atoms with Crippen molar-refractivity contribution in [2.45, 2.75) is 16.7 Å². The molecule has 0 N–H and O–H groups in total. The van der Waals surface area contributed by atoms with Gasteiger partial charge in [-0.2, -0.15) is 8.42 Å². The van der Waals surface area contributed by atoms with Crippen molar-refractivity contribution in [3.05, 3.63) is 72.3 Å². The van der Waals surface area contributed by atoms with Crippen LogP contribution < -0.4 is 0 Å². The summed E-state index contributed by atoms with van der Waals surface area (Å²) in [5, 5.41) is 0. The van der Waals surface area contributed by atoms with Crippen molar-refractivity contribution in [3.63, 3.8) is 0 Å². The zero-order valence-corrected chi connectivity index (χ0v) is 16.5. The molecule has 3 rings (SSSR count). The van der Waals surface area contributed by atoms with Crippen molar-refractivity contribution in [2.24, 2.45) is 3.77 Å². The van der Waals surface area contributed by atoms with Crippen molar-refractivity contribution in [3.8, 4) is 0 Å². The van der Waals surface area contributed by atoms with Gasteiger partial charge >= 0.3 is 0 Å². The summed E-state index contributed by atoms with van der Waals surface area (Å²) in [6, 6.07) is 15.8. The largest absolute Gasteiger partial charge is 0.289 e. The molecule has 0 unspecified atom stereocenters. The monoisotopic (exact) mass is 410 g/mol. The molecule has 1 heterocycles. The Morgan fingerprint density at radius 2 is 1.42 bits per heavy atom. The van der Waals surface area contributed by atoms with Crippen LogP contribution in [0.5, 0.6) is 0 Å². The van der Waals surface area contributed by atoms with E-state index in [0.717, 1.165) is 9.28 Å². The maximum absolute atomic E-state index is 13.0. The molecule has 0 bridgehead atoms. The maximum Gasteiger partial charge on any atom is 0.289 e. The van der Waals surface area contributed by atoms with Crippen molar-refractivity contribution in [1.82, 2.24) is 3.71 Å². The summed E-state index contributed by atoms with van der Waals surface area (Å²) < 4.78 is 56.3. The molecule has 138 valence electrons. The Kier molecular flexibility index (Phi) is 5.42. The fourth-order valence-corrected chi connectivity index (χ4v) is 8.13. The second kappa shape index (κ2) is 7.43. The molecule has 0 radical (unpaired) electrons. The Hall–Kier alpha value is -1.81. The lowest BCUT2D eigenvalue weighted by atomic mass is 10.3. The van der Waals surface area contributed by atoms with Crippen molar-refractivity contribution in [2.75, 3.05) is 12.3 Å². The lowest BCUT2D eigenvalue weighted by Crippen LogP contribution is -2.37. The second-order valence-electron chi connectivity index (χ2n) is 5.70. The minimum Gasteiger partial charge on any atom is -0.206 e. The van der Waals surface area contributed by atoms with E-state index in [1.54, 1.807) is 42.5 Å². The smallest absolute Gasteiger partial charge is 0.206 e. The van der Waals surface area contributed by atoms with Crippen LogP contribution in [0.1, 0.15) is 6.92 Å². The number of sulfonamides is 2. The van der Waals surface area contributed by atoms with Crippen molar-refractivity contribution < 1.29 is 16.8 Å². The predicted molar refractivity (Wildman–Crippen MR) is 102 cm³/mol. The zero-order chi connectivity index (χ0) is 18.8. The van der Waals surface area contributed by atoms with Crippen LogP contribution in [0.15, 0.2) is 85.9 Å². The summed E-state index contributed by atoms with van der Waals surface area (Å²) in [5.41, 5.74) is 0.917. The standard InChI is InChI=1S/C17H18N2O4S3/c1-15-12-13-19(26(22,23)17-10-6-3-7-11-17)24(14-15)18-25(20,21)16-8-4-2-5-9-16/h2-12H,13-14H2,1H3/t24-/m1/s1. The first-order valence-electron chi connectivity index (χ1n) is 7.78. The molecule has 0 spiro atoms. The number of nitrogens with zero attached hydrogens (tertiary/aromatic N) is 2. The predicted octanol–water partition coefficient (Wildman–Crippen LogP) is 2.74. The van der Waals surface area contributed by atoms with Crippen molar-refractivity contribution >= 4 is 30.9 Å². The van der Waals surface area contributed by atoms with Gasteiger partial charge in [-0.25, -0.2) is 8.42 Å². The van der Waals surface area contributed by atoms with Gasteiger partial charge < -0.3 is 0 Å². The SMILES string of the molecule is CC1=CCN(S(=O)(=O)c2ccccc2)[S@@](=NS(=O)(=O)c2ccccc2)C1. The van der Waals surface area contributed by atoms with Crippen LogP contribution in [-0.4, -0.2) is 32.8 Å². The topological polar surface area (TPSA) is 83.9 Å². The van der Waals surface area contributed by atoms with Crippen LogP contribution in [0.3, 0.4) is 0 Å². The Bertz CT molecular complexity index is 1060. The van der Waals surface area contributed by atoms with Crippen LogP contribution in [-0.2, 0) is 30.9 Å². The van der Waals surface area contributed by atoms with Gasteiger partial charge in [-0.3, -0.25) is 0 Å². The molecule has 1 aliphatic rings. The molecule has 0 aromatic heterocycles. The van der Waals surface area contributed by atoms with E-state index in [2.05, 4.69) is 3.77 Å². The number of rotatable bonds is 4. The van der Waals surface area contributed by atoms with Gasteiger partial charge in [0.1, 0.15) is 0 Å². The Balaban J connectivity index is 2.08. The summed E-state index contributed by atoms with van der Waals surface area (Å²) in [6.45, 7) is 1.94. The van der Waals surface area contributed by atoms with E-state index in [1.165, 1.54) is 24.3 Å². The van der Waals surface area contributed by atoms with E-state index in [9.17, 15) is 16.8 Å². The zero-order valence-electron chi connectivity index (χ0n) is 14.0. The molecule has 0 aliphatic carbocycles. The Morgan fingerprint density at radius 3 is 2.00 bits per heavy atom.